The van der Waals surface area contributed by atoms with Crippen LogP contribution in [0.15, 0.2) is 30.3 Å². The van der Waals surface area contributed by atoms with Crippen LogP contribution in [0.1, 0.15) is 5.56 Å². The molecule has 0 amide bonds. The smallest absolute Gasteiger partial charge is 0.128 e. The van der Waals surface area contributed by atoms with E-state index in [9.17, 15) is 10.2 Å². The van der Waals surface area contributed by atoms with Crippen LogP contribution in [0.4, 0.5) is 0 Å². The summed E-state index contributed by atoms with van der Waals surface area (Å²) in [6, 6.07) is 8.58. The van der Waals surface area contributed by atoms with Gasteiger partial charge in [-0.15, -0.1) is 0 Å². The molecule has 2 rings (SSSR count). The zero-order chi connectivity index (χ0) is 13.1. The number of hydrogen-bond acceptors (Lipinski definition) is 3. The Balaban J connectivity index is 0.00000180. The van der Waals surface area contributed by atoms with Gasteiger partial charge in [0.2, 0.25) is 0 Å². The largest absolute Gasteiger partial charge is 0.508 e. The van der Waals surface area contributed by atoms with Crippen molar-refractivity contribution in [2.24, 2.45) is 0 Å². The van der Waals surface area contributed by atoms with Crippen LogP contribution in [0.3, 0.4) is 0 Å². The molecule has 2 nitrogen and oxygen atoms in total. The molecule has 0 spiro atoms. The fraction of sp³-hybridized carbons (Fsp3) is 0.0769. The average Bonchev–Trinajstić information content (AvgIpc) is 2.35. The van der Waals surface area contributed by atoms with E-state index in [4.69, 9.17) is 0 Å². The van der Waals surface area contributed by atoms with Crippen molar-refractivity contribution in [3.05, 3.63) is 35.9 Å². The van der Waals surface area contributed by atoms with E-state index in [1.165, 1.54) is 6.07 Å². The Morgan fingerprint density at radius 2 is 2.00 bits per heavy atom. The third-order valence-electron chi connectivity index (χ3n) is 2.39. The normalized spacial score (nSPS) is 11.3. The van der Waals surface area contributed by atoms with E-state index in [1.807, 2.05) is 18.2 Å². The number of halogens is 1. The molecule has 0 aromatic heterocycles. The summed E-state index contributed by atoms with van der Waals surface area (Å²) in [7, 11) is 1.35. The molecule has 0 aliphatic rings. The van der Waals surface area contributed by atoms with Crippen LogP contribution in [0, 0.1) is 11.6 Å². The van der Waals surface area contributed by atoms with Gasteiger partial charge in [-0.1, -0.05) is 23.7 Å². The summed E-state index contributed by atoms with van der Waals surface area (Å²) in [6.07, 6.45) is 0. The molecular weight excluding hydrogens is 410 g/mol. The molecule has 0 saturated carbocycles. The van der Waals surface area contributed by atoms with Crippen molar-refractivity contribution >= 4 is 61.2 Å². The fourth-order valence-corrected chi connectivity index (χ4v) is 3.09. The quantitative estimate of drug-likeness (QED) is 0.395. The van der Waals surface area contributed by atoms with E-state index >= 15 is 0 Å². The maximum atomic E-state index is 9.93. The second-order valence-corrected chi connectivity index (χ2v) is 10.6. The number of phenolic OH excluding ortho intramolecular Hbond substituents is 2. The molecule has 0 fully saturated rings. The summed E-state index contributed by atoms with van der Waals surface area (Å²) < 4.78 is 0. The Hall–Kier alpha value is -0.280. The molecule has 0 aliphatic carbocycles. The zero-order valence-corrected chi connectivity index (χ0v) is 14.9. The van der Waals surface area contributed by atoms with Gasteiger partial charge in [0, 0.05) is 45.3 Å². The van der Waals surface area contributed by atoms with Crippen LogP contribution < -0.4 is 0 Å². The Bertz CT molecular complexity index is 652. The Labute approximate surface area is 136 Å². The number of benzene rings is 2. The summed E-state index contributed by atoms with van der Waals surface area (Å²) in [6.45, 7) is 2.09. The van der Waals surface area contributed by atoms with Crippen molar-refractivity contribution in [1.82, 2.24) is 0 Å². The van der Waals surface area contributed by atoms with Gasteiger partial charge in [0.1, 0.15) is 11.5 Å². The molecule has 0 saturated heterocycles. The van der Waals surface area contributed by atoms with Crippen LogP contribution in [0.2, 0.25) is 0 Å². The summed E-state index contributed by atoms with van der Waals surface area (Å²) in [4.78, 5) is 0. The van der Waals surface area contributed by atoms with Crippen LogP contribution in [0.25, 0.3) is 10.8 Å². The van der Waals surface area contributed by atoms with Crippen molar-refractivity contribution in [3.8, 4) is 23.1 Å². The maximum Gasteiger partial charge on any atom is 0.128 e. The first-order chi connectivity index (χ1) is 8.61. The van der Waals surface area contributed by atoms with Gasteiger partial charge in [-0.3, -0.25) is 0 Å². The van der Waals surface area contributed by atoms with Crippen molar-refractivity contribution in [2.45, 2.75) is 0 Å². The molecule has 0 aliphatic heterocycles. The van der Waals surface area contributed by atoms with Gasteiger partial charge in [0.15, 0.2) is 0 Å². The first-order valence-electron chi connectivity index (χ1n) is 5.10. The lowest BCUT2D eigenvalue weighted by Crippen LogP contribution is -1.81. The van der Waals surface area contributed by atoms with Gasteiger partial charge < -0.3 is 10.2 Å². The Kier molecular flexibility index (Phi) is 6.61. The van der Waals surface area contributed by atoms with Crippen LogP contribution >= 0.6 is 50.4 Å². The molecular formula is C13H12IO2PS2. The van der Waals surface area contributed by atoms with Gasteiger partial charge in [-0.05, 0) is 32.7 Å². The van der Waals surface area contributed by atoms with E-state index in [2.05, 4.69) is 39.5 Å². The van der Waals surface area contributed by atoms with Gasteiger partial charge in [0.25, 0.3) is 0 Å². The van der Waals surface area contributed by atoms with E-state index in [1.54, 1.807) is 14.6 Å². The summed E-state index contributed by atoms with van der Waals surface area (Å²) in [5.41, 5.74) is 3.98. The summed E-state index contributed by atoms with van der Waals surface area (Å²) in [5.74, 6) is 3.24. The van der Waals surface area contributed by atoms with Crippen molar-refractivity contribution in [1.29, 1.82) is 0 Å². The van der Waals surface area contributed by atoms with Crippen LogP contribution in [-0.4, -0.2) is 16.9 Å². The van der Waals surface area contributed by atoms with Crippen molar-refractivity contribution < 1.29 is 10.2 Å². The molecule has 100 valence electrons. The number of rotatable bonds is 1. The highest BCUT2D eigenvalue weighted by Crippen LogP contribution is 2.49. The standard InChI is InChI=1S/C13H10IO2PS.H2S/c1-17(18-14)6-5-9-3-2-4-10-7-11(15)8-12(16)13(9)10;/h2-4,7-8,15-16H,1H3;1H2. The number of phenols is 2. The molecule has 0 radical (unpaired) electrons. The Morgan fingerprint density at radius 1 is 1.26 bits per heavy atom. The lowest BCUT2D eigenvalue weighted by Gasteiger charge is -2.04. The highest BCUT2D eigenvalue weighted by Gasteiger charge is 2.06. The van der Waals surface area contributed by atoms with Crippen LogP contribution in [-0.2, 0) is 0 Å². The van der Waals surface area contributed by atoms with Gasteiger partial charge in [0.05, 0.1) is 0 Å². The second kappa shape index (κ2) is 7.49. The minimum absolute atomic E-state index is 0. The average molecular weight is 422 g/mol. The van der Waals surface area contributed by atoms with Gasteiger partial charge in [-0.2, -0.15) is 13.5 Å². The molecule has 6 heteroatoms. The van der Waals surface area contributed by atoms with E-state index in [0.717, 1.165) is 10.9 Å². The fourth-order valence-electron chi connectivity index (χ4n) is 1.65. The molecule has 1 atom stereocenters. The summed E-state index contributed by atoms with van der Waals surface area (Å²) in [5, 5.41) is 20.9. The number of fused-ring (bicyclic) bond motifs is 1. The highest BCUT2D eigenvalue weighted by molar-refractivity contribution is 14.2. The number of hydrogen-bond donors (Lipinski definition) is 2. The highest BCUT2D eigenvalue weighted by atomic mass is 127. The molecule has 2 aromatic rings. The summed E-state index contributed by atoms with van der Waals surface area (Å²) >= 11 is 2.25. The molecule has 19 heavy (non-hydrogen) atoms. The predicted molar refractivity (Wildman–Crippen MR) is 99.0 cm³/mol. The molecule has 0 bridgehead atoms. The van der Waals surface area contributed by atoms with E-state index in [-0.39, 0.29) is 32.1 Å². The van der Waals surface area contributed by atoms with E-state index in [0.29, 0.717) is 5.39 Å². The second-order valence-electron chi connectivity index (χ2n) is 3.67. The SMILES string of the molecule is CP(C#Cc1cccc2cc(O)cc(O)c12)SI.S. The minimum atomic E-state index is -0.362. The van der Waals surface area contributed by atoms with E-state index < -0.39 is 0 Å². The molecule has 2 N–H and O–H groups in total. The minimum Gasteiger partial charge on any atom is -0.508 e. The predicted octanol–water partition coefficient (Wildman–Crippen LogP) is 4.78. The van der Waals surface area contributed by atoms with Crippen molar-refractivity contribution in [2.75, 3.05) is 6.66 Å². The first-order valence-corrected chi connectivity index (χ1v) is 10.9. The van der Waals surface area contributed by atoms with Crippen molar-refractivity contribution in [3.63, 3.8) is 0 Å². The molecule has 1 unspecified atom stereocenters. The third-order valence-corrected chi connectivity index (χ3v) is 9.24. The van der Waals surface area contributed by atoms with Gasteiger partial charge in [-0.25, -0.2) is 0 Å². The first kappa shape index (κ1) is 16.8. The maximum absolute atomic E-state index is 9.93. The lowest BCUT2D eigenvalue weighted by molar-refractivity contribution is 0.455. The molecule has 0 heterocycles. The Morgan fingerprint density at radius 3 is 2.68 bits per heavy atom. The molecule has 2 aromatic carbocycles. The lowest BCUT2D eigenvalue weighted by atomic mass is 10.0. The zero-order valence-electron chi connectivity index (χ0n) is 10.0. The van der Waals surface area contributed by atoms with Crippen LogP contribution in [0.5, 0.6) is 11.5 Å². The topological polar surface area (TPSA) is 40.5 Å². The third kappa shape index (κ3) is 4.09. The monoisotopic (exact) mass is 422 g/mol. The van der Waals surface area contributed by atoms with Gasteiger partial charge >= 0.3 is 0 Å². The number of aromatic hydroxyl groups is 2.